The van der Waals surface area contributed by atoms with Crippen molar-refractivity contribution in [3.05, 3.63) is 0 Å². The van der Waals surface area contributed by atoms with Gasteiger partial charge >= 0.3 is 0 Å². The zero-order chi connectivity index (χ0) is 8.27. The maximum Gasteiger partial charge on any atom is 0.148 e. The molecular weight excluding hydrogens is 158 g/mol. The summed E-state index contributed by atoms with van der Waals surface area (Å²) in [5.41, 5.74) is 5.54. The van der Waals surface area contributed by atoms with Crippen LogP contribution in [0.3, 0.4) is 0 Å². The average Bonchev–Trinajstić information content (AvgIpc) is 2.66. The third-order valence-electron chi connectivity index (χ3n) is 1.88. The molecule has 1 fully saturated rings. The predicted molar refractivity (Wildman–Crippen MR) is 50.5 cm³/mol. The van der Waals surface area contributed by atoms with Crippen LogP contribution in [0.5, 0.6) is 0 Å². The second-order valence-corrected chi connectivity index (χ2v) is 4.74. The fourth-order valence-electron chi connectivity index (χ4n) is 0.943. The summed E-state index contributed by atoms with van der Waals surface area (Å²) >= 11 is 1.13. The molecule has 1 rings (SSSR count). The molecule has 0 amide bonds. The Bertz CT molecular complexity index is 115. The summed E-state index contributed by atoms with van der Waals surface area (Å²) in [4.78, 5) is 0. The number of nitrogens with two attached hydrogens (primary N) is 1. The average molecular weight is 176 g/mol. The van der Waals surface area contributed by atoms with E-state index >= 15 is 0 Å². The first-order chi connectivity index (χ1) is 5.20. The maximum absolute atomic E-state index is 5.54. The lowest BCUT2D eigenvalue weighted by Crippen LogP contribution is -2.23. The van der Waals surface area contributed by atoms with Crippen LogP contribution >= 0.6 is 0 Å². The number of hydrogen-bond donors (Lipinski definition) is 1. The minimum atomic E-state index is 0.175. The molecule has 2 nitrogen and oxygen atoms in total. The molecule has 3 heteroatoms. The highest BCUT2D eigenvalue weighted by Crippen LogP contribution is 2.34. The molecule has 1 aliphatic carbocycles. The van der Waals surface area contributed by atoms with Crippen molar-refractivity contribution < 1.29 is 4.18 Å². The number of hydrogen-bond acceptors (Lipinski definition) is 2. The lowest BCUT2D eigenvalue weighted by Gasteiger charge is -2.02. The Labute approximate surface area is 73.1 Å². The van der Waals surface area contributed by atoms with Gasteiger partial charge in [-0.05, 0) is 26.7 Å². The fraction of sp³-hybridized carbons (Fsp3) is 1.00. The van der Waals surface area contributed by atoms with Crippen molar-refractivity contribution in [1.82, 2.24) is 0 Å². The smallest absolute Gasteiger partial charge is 0.148 e. The van der Waals surface area contributed by atoms with Crippen molar-refractivity contribution >= 4 is 12.0 Å². The van der Waals surface area contributed by atoms with Gasteiger partial charge in [-0.25, -0.2) is 0 Å². The quantitative estimate of drug-likeness (QED) is 0.498. The number of thiol groups is 1. The van der Waals surface area contributed by atoms with Crippen LogP contribution < -0.4 is 5.73 Å². The molecule has 0 radical (unpaired) electrons. The highest BCUT2D eigenvalue weighted by atomic mass is 32.2. The molecule has 1 aliphatic rings. The molecule has 0 aromatic rings. The third kappa shape index (κ3) is 3.99. The highest BCUT2D eigenvalue weighted by molar-refractivity contribution is 7.74. The van der Waals surface area contributed by atoms with E-state index in [1.54, 1.807) is 0 Å². The SMILES string of the molecule is CC(N)CO[SH+]C(C)C1CC1. The Kier molecular flexibility index (Phi) is 3.69. The summed E-state index contributed by atoms with van der Waals surface area (Å²) in [6.45, 7) is 4.91. The van der Waals surface area contributed by atoms with E-state index in [1.807, 2.05) is 6.92 Å². The van der Waals surface area contributed by atoms with E-state index in [4.69, 9.17) is 9.92 Å². The van der Waals surface area contributed by atoms with Crippen LogP contribution in [-0.4, -0.2) is 17.9 Å². The molecule has 0 saturated heterocycles. The van der Waals surface area contributed by atoms with Crippen molar-refractivity contribution in [3.63, 3.8) is 0 Å². The monoisotopic (exact) mass is 176 g/mol. The van der Waals surface area contributed by atoms with E-state index in [1.165, 1.54) is 12.8 Å². The molecule has 0 bridgehead atoms. The molecule has 66 valence electrons. The first kappa shape index (κ1) is 9.36. The summed E-state index contributed by atoms with van der Waals surface area (Å²) in [6, 6.07) is 0.175. The molecule has 0 aromatic carbocycles. The predicted octanol–water partition coefficient (Wildman–Crippen LogP) is 0.879. The topological polar surface area (TPSA) is 35.2 Å². The number of rotatable bonds is 5. The summed E-state index contributed by atoms with van der Waals surface area (Å²) in [5, 5.41) is 0.716. The molecule has 0 aromatic heterocycles. The zero-order valence-corrected chi connectivity index (χ0v) is 8.18. The minimum absolute atomic E-state index is 0.175. The van der Waals surface area contributed by atoms with Crippen LogP contribution in [0, 0.1) is 5.92 Å². The van der Waals surface area contributed by atoms with Crippen molar-refractivity contribution in [1.29, 1.82) is 0 Å². The van der Waals surface area contributed by atoms with Crippen molar-refractivity contribution in [3.8, 4) is 0 Å². The van der Waals surface area contributed by atoms with E-state index in [2.05, 4.69) is 6.92 Å². The summed E-state index contributed by atoms with van der Waals surface area (Å²) in [6.07, 6.45) is 2.80. The summed E-state index contributed by atoms with van der Waals surface area (Å²) in [7, 11) is 0. The maximum atomic E-state index is 5.54. The van der Waals surface area contributed by atoms with E-state index in [9.17, 15) is 0 Å². The van der Waals surface area contributed by atoms with Crippen molar-refractivity contribution in [2.24, 2.45) is 11.7 Å². The minimum Gasteiger partial charge on any atom is -0.326 e. The molecule has 2 N–H and O–H groups in total. The van der Waals surface area contributed by atoms with Gasteiger partial charge in [-0.2, -0.15) is 4.18 Å². The van der Waals surface area contributed by atoms with Crippen LogP contribution in [0.15, 0.2) is 0 Å². The van der Waals surface area contributed by atoms with Gasteiger partial charge in [-0.15, -0.1) is 0 Å². The zero-order valence-electron chi connectivity index (χ0n) is 7.29. The molecule has 1 saturated carbocycles. The van der Waals surface area contributed by atoms with Gasteiger partial charge in [-0.3, -0.25) is 0 Å². The highest BCUT2D eigenvalue weighted by Gasteiger charge is 2.33. The fourth-order valence-corrected chi connectivity index (χ4v) is 1.97. The van der Waals surface area contributed by atoms with Gasteiger partial charge in [0.25, 0.3) is 0 Å². The molecule has 0 heterocycles. The van der Waals surface area contributed by atoms with Gasteiger partial charge in [0.1, 0.15) is 23.9 Å². The first-order valence-electron chi connectivity index (χ1n) is 4.28. The third-order valence-corrected chi connectivity index (χ3v) is 2.93. The van der Waals surface area contributed by atoms with Gasteiger partial charge in [0, 0.05) is 12.0 Å². The lowest BCUT2D eigenvalue weighted by molar-refractivity contribution is 0.339. The molecular formula is C8H18NOS+. The van der Waals surface area contributed by atoms with Crippen LogP contribution in [-0.2, 0) is 16.2 Å². The van der Waals surface area contributed by atoms with E-state index in [0.717, 1.165) is 18.0 Å². The van der Waals surface area contributed by atoms with E-state index in [-0.39, 0.29) is 6.04 Å². The summed E-state index contributed by atoms with van der Waals surface area (Å²) < 4.78 is 5.41. The molecule has 2 atom stereocenters. The normalized spacial score (nSPS) is 23.2. The Balaban J connectivity index is 1.93. The molecule has 11 heavy (non-hydrogen) atoms. The Morgan fingerprint density at radius 2 is 2.18 bits per heavy atom. The van der Waals surface area contributed by atoms with Gasteiger partial charge in [0.15, 0.2) is 0 Å². The second kappa shape index (κ2) is 4.33. The van der Waals surface area contributed by atoms with Crippen LogP contribution in [0.25, 0.3) is 0 Å². The van der Waals surface area contributed by atoms with Gasteiger partial charge in [0.05, 0.1) is 0 Å². The Morgan fingerprint density at radius 1 is 1.55 bits per heavy atom. The van der Waals surface area contributed by atoms with Crippen LogP contribution in [0.1, 0.15) is 26.7 Å². The van der Waals surface area contributed by atoms with Crippen molar-refractivity contribution in [2.45, 2.75) is 38.0 Å². The van der Waals surface area contributed by atoms with Gasteiger partial charge in [0.2, 0.25) is 0 Å². The molecule has 0 aliphatic heterocycles. The van der Waals surface area contributed by atoms with Gasteiger partial charge in [-0.1, -0.05) is 0 Å². The molecule has 2 unspecified atom stereocenters. The van der Waals surface area contributed by atoms with Crippen molar-refractivity contribution in [2.75, 3.05) is 6.61 Å². The Morgan fingerprint density at radius 3 is 2.64 bits per heavy atom. The standard InChI is InChI=1S/C8H17NOS/c1-6(9)5-10-11-7(2)8-3-4-8/h6-8H,3-5,9H2,1-2H3/p+1. The largest absolute Gasteiger partial charge is 0.326 e. The van der Waals surface area contributed by atoms with Crippen LogP contribution in [0.2, 0.25) is 0 Å². The van der Waals surface area contributed by atoms with Gasteiger partial charge < -0.3 is 5.73 Å². The van der Waals surface area contributed by atoms with Crippen LogP contribution in [0.4, 0.5) is 0 Å². The Hall–Kier alpha value is 0.270. The molecule has 0 spiro atoms. The van der Waals surface area contributed by atoms with E-state index < -0.39 is 0 Å². The lowest BCUT2D eigenvalue weighted by atomic mass is 10.3. The second-order valence-electron chi connectivity index (χ2n) is 3.46. The first-order valence-corrected chi connectivity index (χ1v) is 5.16. The van der Waals surface area contributed by atoms with E-state index in [0.29, 0.717) is 11.9 Å². The summed E-state index contributed by atoms with van der Waals surface area (Å²) in [5.74, 6) is 0.935.